The van der Waals surface area contributed by atoms with Crippen molar-refractivity contribution in [3.05, 3.63) is 29.8 Å². The molecule has 0 radical (unpaired) electrons. The van der Waals surface area contributed by atoms with E-state index in [1.807, 2.05) is 0 Å². The summed E-state index contributed by atoms with van der Waals surface area (Å²) in [5.41, 5.74) is 0.124. The lowest BCUT2D eigenvalue weighted by molar-refractivity contribution is -0.236. The molecule has 5 unspecified atom stereocenters. The van der Waals surface area contributed by atoms with Crippen LogP contribution < -0.4 is 4.74 Å². The van der Waals surface area contributed by atoms with Crippen LogP contribution in [0.4, 0.5) is 0 Å². The average Bonchev–Trinajstić information content (AvgIpc) is 3.14. The summed E-state index contributed by atoms with van der Waals surface area (Å²) in [6.45, 7) is 7.00. The van der Waals surface area contributed by atoms with Crippen LogP contribution in [0.25, 0.3) is 0 Å². The minimum atomic E-state index is -1.13. The van der Waals surface area contributed by atoms with Crippen molar-refractivity contribution in [2.45, 2.75) is 70.0 Å². The van der Waals surface area contributed by atoms with Crippen molar-refractivity contribution in [1.29, 1.82) is 0 Å². The lowest BCUT2D eigenvalue weighted by atomic mass is 9.99. The molecule has 0 aromatic heterocycles. The molecule has 158 valence electrons. The molecule has 3 saturated heterocycles. The molecule has 0 bridgehead atoms. The van der Waals surface area contributed by atoms with Gasteiger partial charge in [0.05, 0.1) is 7.11 Å². The molecule has 29 heavy (non-hydrogen) atoms. The average molecular weight is 408 g/mol. The van der Waals surface area contributed by atoms with Crippen LogP contribution in [0.5, 0.6) is 5.75 Å². The minimum Gasteiger partial charge on any atom is -0.465 e. The Morgan fingerprint density at radius 2 is 1.52 bits per heavy atom. The number of hydrogen-bond acceptors (Lipinski definition) is 9. The van der Waals surface area contributed by atoms with Crippen LogP contribution >= 0.6 is 0 Å². The predicted octanol–water partition coefficient (Wildman–Crippen LogP) is 1.78. The van der Waals surface area contributed by atoms with Crippen LogP contribution in [0, 0.1) is 0 Å². The van der Waals surface area contributed by atoms with Crippen molar-refractivity contribution in [3.63, 3.8) is 0 Å². The second kappa shape index (κ2) is 7.03. The molecule has 0 saturated carbocycles. The standard InChI is InChI=1S/C20H24O9/c1-19(2)26-12-13(27-19)15-18(29-20(3,4)28-15)25-14(12)17(22)24-11-9-7-6-8-10(11)16(21)23-5/h6-9,12-15,18H,1-5H3. The van der Waals surface area contributed by atoms with Crippen LogP contribution in [-0.4, -0.2) is 61.3 Å². The molecular weight excluding hydrogens is 384 g/mol. The minimum absolute atomic E-state index is 0.0636. The first-order valence-corrected chi connectivity index (χ1v) is 9.36. The van der Waals surface area contributed by atoms with Gasteiger partial charge in [-0.25, -0.2) is 9.59 Å². The summed E-state index contributed by atoms with van der Waals surface area (Å²) in [7, 11) is 1.25. The molecule has 4 rings (SSSR count). The SMILES string of the molecule is COC(=O)c1ccccc1OC(=O)C1OC2OC(C)(C)OC2C2OC(C)(C)OC12. The molecule has 3 aliphatic heterocycles. The summed E-state index contributed by atoms with van der Waals surface area (Å²) in [5.74, 6) is -3.12. The Labute approximate surface area is 168 Å². The maximum Gasteiger partial charge on any atom is 0.343 e. The number of benzene rings is 1. The molecule has 0 aliphatic carbocycles. The Balaban J connectivity index is 1.59. The van der Waals surface area contributed by atoms with Crippen molar-refractivity contribution in [1.82, 2.24) is 0 Å². The monoisotopic (exact) mass is 408 g/mol. The number of carbonyl (C=O) groups is 2. The van der Waals surface area contributed by atoms with Crippen molar-refractivity contribution in [3.8, 4) is 5.75 Å². The van der Waals surface area contributed by atoms with Gasteiger partial charge in [0.2, 0.25) is 0 Å². The van der Waals surface area contributed by atoms with E-state index in [2.05, 4.69) is 0 Å². The van der Waals surface area contributed by atoms with Gasteiger partial charge in [-0.1, -0.05) is 12.1 Å². The fourth-order valence-electron chi connectivity index (χ4n) is 3.80. The lowest BCUT2D eigenvalue weighted by Crippen LogP contribution is -2.58. The van der Waals surface area contributed by atoms with Crippen molar-refractivity contribution >= 4 is 11.9 Å². The van der Waals surface area contributed by atoms with Crippen LogP contribution in [0.15, 0.2) is 24.3 Å². The number of hydrogen-bond donors (Lipinski definition) is 0. The van der Waals surface area contributed by atoms with Crippen molar-refractivity contribution in [2.75, 3.05) is 7.11 Å². The number of fused-ring (bicyclic) bond motifs is 3. The molecule has 0 spiro atoms. The molecule has 1 aromatic carbocycles. The van der Waals surface area contributed by atoms with E-state index in [0.29, 0.717) is 0 Å². The first-order chi connectivity index (χ1) is 13.6. The van der Waals surface area contributed by atoms with Gasteiger partial charge < -0.3 is 33.2 Å². The van der Waals surface area contributed by atoms with E-state index in [4.69, 9.17) is 33.2 Å². The molecular formula is C20H24O9. The molecule has 9 nitrogen and oxygen atoms in total. The van der Waals surface area contributed by atoms with Crippen molar-refractivity contribution in [2.24, 2.45) is 0 Å². The zero-order chi connectivity index (χ0) is 21.0. The summed E-state index contributed by atoms with van der Waals surface area (Å²) in [4.78, 5) is 25.0. The van der Waals surface area contributed by atoms with Gasteiger partial charge in [0.25, 0.3) is 0 Å². The van der Waals surface area contributed by atoms with E-state index in [1.54, 1.807) is 39.8 Å². The third-order valence-corrected chi connectivity index (χ3v) is 4.89. The number of para-hydroxylation sites is 1. The van der Waals surface area contributed by atoms with Gasteiger partial charge in [-0.05, 0) is 39.8 Å². The Bertz CT molecular complexity index is 818. The zero-order valence-corrected chi connectivity index (χ0v) is 16.9. The molecule has 1 aromatic rings. The maximum atomic E-state index is 13.0. The predicted molar refractivity (Wildman–Crippen MR) is 95.9 cm³/mol. The summed E-state index contributed by atoms with van der Waals surface area (Å²) in [5, 5.41) is 0. The number of rotatable bonds is 3. The first-order valence-electron chi connectivity index (χ1n) is 9.36. The van der Waals surface area contributed by atoms with E-state index in [-0.39, 0.29) is 11.3 Å². The lowest BCUT2D eigenvalue weighted by Gasteiger charge is -2.35. The fraction of sp³-hybridized carbons (Fsp3) is 0.600. The van der Waals surface area contributed by atoms with Gasteiger partial charge in [0.15, 0.2) is 24.0 Å². The molecule has 0 amide bonds. The summed E-state index contributed by atoms with van der Waals surface area (Å²) in [6, 6.07) is 6.29. The van der Waals surface area contributed by atoms with Crippen LogP contribution in [0.1, 0.15) is 38.1 Å². The van der Waals surface area contributed by atoms with E-state index < -0.39 is 54.2 Å². The smallest absolute Gasteiger partial charge is 0.343 e. The quantitative estimate of drug-likeness (QED) is 0.547. The second-order valence-electron chi connectivity index (χ2n) is 8.00. The van der Waals surface area contributed by atoms with Crippen molar-refractivity contribution < 1.29 is 42.7 Å². The van der Waals surface area contributed by atoms with Gasteiger partial charge >= 0.3 is 11.9 Å². The zero-order valence-electron chi connectivity index (χ0n) is 16.9. The highest BCUT2D eigenvalue weighted by Gasteiger charge is 2.62. The van der Waals surface area contributed by atoms with Gasteiger partial charge in [0.1, 0.15) is 29.6 Å². The van der Waals surface area contributed by atoms with Gasteiger partial charge in [0, 0.05) is 0 Å². The van der Waals surface area contributed by atoms with Gasteiger partial charge in [-0.3, -0.25) is 0 Å². The van der Waals surface area contributed by atoms with E-state index in [9.17, 15) is 9.59 Å². The van der Waals surface area contributed by atoms with E-state index in [1.165, 1.54) is 19.2 Å². The van der Waals surface area contributed by atoms with Crippen LogP contribution in [0.3, 0.4) is 0 Å². The molecule has 0 N–H and O–H groups in total. The second-order valence-corrected chi connectivity index (χ2v) is 8.00. The molecule has 9 heteroatoms. The number of methoxy groups -OCH3 is 1. The highest BCUT2D eigenvalue weighted by Crippen LogP contribution is 2.44. The fourth-order valence-corrected chi connectivity index (χ4v) is 3.80. The Morgan fingerprint density at radius 3 is 2.24 bits per heavy atom. The summed E-state index contributed by atoms with van der Waals surface area (Å²) < 4.78 is 39.7. The summed E-state index contributed by atoms with van der Waals surface area (Å²) >= 11 is 0. The molecule has 3 heterocycles. The largest absolute Gasteiger partial charge is 0.465 e. The number of esters is 2. The molecule has 5 atom stereocenters. The number of ether oxygens (including phenoxy) is 7. The van der Waals surface area contributed by atoms with Crippen LogP contribution in [-0.2, 0) is 33.2 Å². The Morgan fingerprint density at radius 1 is 0.897 bits per heavy atom. The highest BCUT2D eigenvalue weighted by atomic mass is 16.9. The van der Waals surface area contributed by atoms with Crippen LogP contribution in [0.2, 0.25) is 0 Å². The maximum absolute atomic E-state index is 13.0. The number of carbonyl (C=O) groups excluding carboxylic acids is 2. The Hall–Kier alpha value is -2.04. The topological polar surface area (TPSA) is 98.8 Å². The molecule has 3 aliphatic rings. The van der Waals surface area contributed by atoms with Gasteiger partial charge in [-0.15, -0.1) is 0 Å². The normalized spacial score (nSPS) is 34.2. The van der Waals surface area contributed by atoms with Gasteiger partial charge in [-0.2, -0.15) is 0 Å². The highest BCUT2D eigenvalue weighted by molar-refractivity contribution is 5.93. The van der Waals surface area contributed by atoms with E-state index >= 15 is 0 Å². The Kier molecular flexibility index (Phi) is 4.91. The third kappa shape index (κ3) is 3.76. The van der Waals surface area contributed by atoms with E-state index in [0.717, 1.165) is 0 Å². The summed E-state index contributed by atoms with van der Waals surface area (Å²) in [6.07, 6.45) is -3.85. The molecule has 3 fully saturated rings. The third-order valence-electron chi connectivity index (χ3n) is 4.89. The first kappa shape index (κ1) is 20.2.